The van der Waals surface area contributed by atoms with Gasteiger partial charge in [-0.3, -0.25) is 0 Å². The van der Waals surface area contributed by atoms with Crippen molar-refractivity contribution >= 4 is 5.69 Å². The van der Waals surface area contributed by atoms with E-state index in [-0.39, 0.29) is 0 Å². The van der Waals surface area contributed by atoms with Gasteiger partial charge in [-0.15, -0.1) is 10.2 Å². The molecular formula is C16H21N3O. The first kappa shape index (κ1) is 13.2. The molecule has 2 aromatic rings. The molecule has 3 rings (SSSR count). The molecule has 1 aliphatic rings. The number of rotatable bonds is 4. The van der Waals surface area contributed by atoms with Crippen LogP contribution in [-0.2, 0) is 0 Å². The molecule has 20 heavy (non-hydrogen) atoms. The molecule has 1 fully saturated rings. The van der Waals surface area contributed by atoms with Gasteiger partial charge in [0.2, 0.25) is 12.3 Å². The first-order valence-electron chi connectivity index (χ1n) is 7.48. The van der Waals surface area contributed by atoms with Gasteiger partial charge < -0.3 is 9.73 Å². The van der Waals surface area contributed by atoms with Crippen molar-refractivity contribution < 1.29 is 4.42 Å². The minimum Gasteiger partial charge on any atom is -0.423 e. The Labute approximate surface area is 119 Å². The zero-order valence-electron chi connectivity index (χ0n) is 11.9. The van der Waals surface area contributed by atoms with E-state index >= 15 is 0 Å². The summed E-state index contributed by atoms with van der Waals surface area (Å²) in [6.07, 6.45) is 7.91. The maximum atomic E-state index is 5.24. The van der Waals surface area contributed by atoms with Crippen LogP contribution in [0.5, 0.6) is 0 Å². The second kappa shape index (κ2) is 6.07. The third-order valence-corrected chi connectivity index (χ3v) is 4.26. The summed E-state index contributed by atoms with van der Waals surface area (Å²) in [5.74, 6) is 1.50. The number of aromatic nitrogens is 2. The number of anilines is 1. The zero-order chi connectivity index (χ0) is 13.8. The molecule has 1 heterocycles. The van der Waals surface area contributed by atoms with Gasteiger partial charge in [-0.2, -0.15) is 0 Å². The van der Waals surface area contributed by atoms with Gasteiger partial charge in [0.05, 0.1) is 0 Å². The van der Waals surface area contributed by atoms with Crippen LogP contribution in [0, 0.1) is 5.92 Å². The molecule has 0 atom stereocenters. The Morgan fingerprint density at radius 3 is 2.80 bits per heavy atom. The molecule has 4 nitrogen and oxygen atoms in total. The van der Waals surface area contributed by atoms with Crippen molar-refractivity contribution in [2.24, 2.45) is 5.92 Å². The highest BCUT2D eigenvalue weighted by Gasteiger charge is 2.19. The largest absolute Gasteiger partial charge is 0.423 e. The van der Waals surface area contributed by atoms with Gasteiger partial charge in [0, 0.05) is 17.3 Å². The highest BCUT2D eigenvalue weighted by atomic mass is 16.4. The van der Waals surface area contributed by atoms with Gasteiger partial charge >= 0.3 is 0 Å². The van der Waals surface area contributed by atoms with Crippen LogP contribution in [0.1, 0.15) is 39.0 Å². The van der Waals surface area contributed by atoms with Crippen molar-refractivity contribution in [1.82, 2.24) is 10.2 Å². The first-order chi connectivity index (χ1) is 9.85. The van der Waals surface area contributed by atoms with Crippen LogP contribution in [0.2, 0.25) is 0 Å². The lowest BCUT2D eigenvalue weighted by Gasteiger charge is -2.29. The molecule has 1 aromatic heterocycles. The summed E-state index contributed by atoms with van der Waals surface area (Å²) in [5.41, 5.74) is 2.11. The lowest BCUT2D eigenvalue weighted by Crippen LogP contribution is -2.25. The Bertz CT molecular complexity index is 530. The fourth-order valence-corrected chi connectivity index (χ4v) is 2.99. The van der Waals surface area contributed by atoms with Gasteiger partial charge in [-0.25, -0.2) is 0 Å². The second-order valence-corrected chi connectivity index (χ2v) is 5.59. The smallest absolute Gasteiger partial charge is 0.247 e. The van der Waals surface area contributed by atoms with Gasteiger partial charge in [0.15, 0.2) is 0 Å². The molecule has 106 valence electrons. The Morgan fingerprint density at radius 1 is 1.25 bits per heavy atom. The number of hydrogen-bond acceptors (Lipinski definition) is 4. The SMILES string of the molecule is CCC1CCC(Nc2cccc(-c3nnco3)c2)CC1. The number of nitrogens with zero attached hydrogens (tertiary/aromatic N) is 2. The molecule has 0 aliphatic heterocycles. The summed E-state index contributed by atoms with van der Waals surface area (Å²) >= 11 is 0. The fraction of sp³-hybridized carbons (Fsp3) is 0.500. The minimum absolute atomic E-state index is 0.573. The summed E-state index contributed by atoms with van der Waals surface area (Å²) < 4.78 is 5.24. The van der Waals surface area contributed by atoms with E-state index in [1.807, 2.05) is 12.1 Å². The van der Waals surface area contributed by atoms with Crippen molar-refractivity contribution in [3.8, 4) is 11.5 Å². The standard InChI is InChI=1S/C16H21N3O/c1-2-12-6-8-14(9-7-12)18-15-5-3-4-13(10-15)16-19-17-11-20-16/h3-5,10-12,14,18H,2,6-9H2,1H3. The Kier molecular flexibility index (Phi) is 4.00. The van der Waals surface area contributed by atoms with Crippen molar-refractivity contribution in [2.75, 3.05) is 5.32 Å². The number of hydrogen-bond donors (Lipinski definition) is 1. The first-order valence-corrected chi connectivity index (χ1v) is 7.48. The van der Waals surface area contributed by atoms with E-state index in [9.17, 15) is 0 Å². The summed E-state index contributed by atoms with van der Waals surface area (Å²) in [5, 5.41) is 11.3. The summed E-state index contributed by atoms with van der Waals surface area (Å²) in [7, 11) is 0. The van der Waals surface area contributed by atoms with Crippen LogP contribution in [0.4, 0.5) is 5.69 Å². The van der Waals surface area contributed by atoms with Gasteiger partial charge in [-0.1, -0.05) is 19.4 Å². The molecule has 0 amide bonds. The molecule has 1 aliphatic carbocycles. The summed E-state index contributed by atoms with van der Waals surface area (Å²) in [6, 6.07) is 8.80. The average molecular weight is 271 g/mol. The normalized spacial score (nSPS) is 22.6. The third-order valence-electron chi connectivity index (χ3n) is 4.26. The predicted octanol–water partition coefficient (Wildman–Crippen LogP) is 4.12. The van der Waals surface area contributed by atoms with E-state index in [0.29, 0.717) is 11.9 Å². The fourth-order valence-electron chi connectivity index (χ4n) is 2.99. The van der Waals surface area contributed by atoms with Crippen molar-refractivity contribution in [1.29, 1.82) is 0 Å². The molecule has 0 radical (unpaired) electrons. The molecule has 1 N–H and O–H groups in total. The Morgan fingerprint density at radius 2 is 2.10 bits per heavy atom. The van der Waals surface area contributed by atoms with E-state index in [0.717, 1.165) is 17.2 Å². The molecule has 0 spiro atoms. The molecule has 0 bridgehead atoms. The summed E-state index contributed by atoms with van der Waals surface area (Å²) in [6.45, 7) is 2.30. The van der Waals surface area contributed by atoms with Gasteiger partial charge in [0.1, 0.15) is 0 Å². The lowest BCUT2D eigenvalue weighted by molar-refractivity contribution is 0.330. The minimum atomic E-state index is 0.573. The highest BCUT2D eigenvalue weighted by molar-refractivity contribution is 5.61. The maximum Gasteiger partial charge on any atom is 0.247 e. The van der Waals surface area contributed by atoms with E-state index in [2.05, 4.69) is 34.6 Å². The van der Waals surface area contributed by atoms with Gasteiger partial charge in [0.25, 0.3) is 0 Å². The topological polar surface area (TPSA) is 51.0 Å². The maximum absolute atomic E-state index is 5.24. The predicted molar refractivity (Wildman–Crippen MR) is 79.4 cm³/mol. The molecule has 0 unspecified atom stereocenters. The van der Waals surface area contributed by atoms with Crippen LogP contribution >= 0.6 is 0 Å². The van der Waals surface area contributed by atoms with Crippen molar-refractivity contribution in [2.45, 2.75) is 45.1 Å². The van der Waals surface area contributed by atoms with Crippen molar-refractivity contribution in [3.63, 3.8) is 0 Å². The highest BCUT2D eigenvalue weighted by Crippen LogP contribution is 2.29. The van der Waals surface area contributed by atoms with E-state index in [1.165, 1.54) is 38.5 Å². The van der Waals surface area contributed by atoms with Crippen LogP contribution in [-0.4, -0.2) is 16.2 Å². The number of benzene rings is 1. The molecule has 1 aromatic carbocycles. The van der Waals surface area contributed by atoms with Crippen LogP contribution in [0.25, 0.3) is 11.5 Å². The summed E-state index contributed by atoms with van der Waals surface area (Å²) in [4.78, 5) is 0. The van der Waals surface area contributed by atoms with Crippen molar-refractivity contribution in [3.05, 3.63) is 30.7 Å². The number of nitrogens with one attached hydrogen (secondary N) is 1. The Balaban J connectivity index is 1.65. The Hall–Kier alpha value is -1.84. The molecule has 1 saturated carbocycles. The van der Waals surface area contributed by atoms with E-state index in [1.54, 1.807) is 0 Å². The lowest BCUT2D eigenvalue weighted by atomic mass is 9.84. The molecule has 0 saturated heterocycles. The monoisotopic (exact) mass is 271 g/mol. The second-order valence-electron chi connectivity index (χ2n) is 5.59. The zero-order valence-corrected chi connectivity index (χ0v) is 11.9. The molecule has 4 heteroatoms. The molecular weight excluding hydrogens is 250 g/mol. The quantitative estimate of drug-likeness (QED) is 0.909. The van der Waals surface area contributed by atoms with E-state index in [4.69, 9.17) is 4.42 Å². The van der Waals surface area contributed by atoms with Crippen LogP contribution in [0.3, 0.4) is 0 Å². The average Bonchev–Trinajstić information content (AvgIpc) is 3.03. The third kappa shape index (κ3) is 3.00. The van der Waals surface area contributed by atoms with Crippen LogP contribution < -0.4 is 5.32 Å². The van der Waals surface area contributed by atoms with E-state index < -0.39 is 0 Å². The van der Waals surface area contributed by atoms with Crippen LogP contribution in [0.15, 0.2) is 35.1 Å². The van der Waals surface area contributed by atoms with Gasteiger partial charge in [-0.05, 0) is 49.8 Å².